The van der Waals surface area contributed by atoms with Gasteiger partial charge in [0.1, 0.15) is 12.4 Å². The normalized spacial score (nSPS) is 23.2. The Bertz CT molecular complexity index is 489. The molecule has 1 aliphatic rings. The van der Waals surface area contributed by atoms with Crippen LogP contribution in [-0.2, 0) is 9.84 Å². The molecule has 1 unspecified atom stereocenters. The minimum Gasteiger partial charge on any atom is -0.490 e. The van der Waals surface area contributed by atoms with Gasteiger partial charge < -0.3 is 10.1 Å². The number of rotatable bonds is 3. The Kier molecular flexibility index (Phi) is 3.91. The summed E-state index contributed by atoms with van der Waals surface area (Å²) < 4.78 is 28.3. The summed E-state index contributed by atoms with van der Waals surface area (Å²) in [6.45, 7) is 0.793. The first kappa shape index (κ1) is 12.7. The summed E-state index contributed by atoms with van der Waals surface area (Å²) in [5, 5.41) is 3.65. The predicted octanol–water partition coefficient (Wildman–Crippen LogP) is 1.11. The van der Waals surface area contributed by atoms with Gasteiger partial charge in [0.25, 0.3) is 0 Å². The standard InChI is InChI=1S/C11H14ClNO3S/c12-10-3-1-2-4-11(10)16-7-9-8-17(14,15)6-5-13-9/h1-4,9,13H,5-8H2. The molecule has 1 aromatic rings. The van der Waals surface area contributed by atoms with E-state index in [4.69, 9.17) is 16.3 Å². The Morgan fingerprint density at radius 3 is 2.88 bits per heavy atom. The maximum atomic E-state index is 11.4. The molecule has 17 heavy (non-hydrogen) atoms. The minimum absolute atomic E-state index is 0.122. The van der Waals surface area contributed by atoms with Crippen LogP contribution < -0.4 is 10.1 Å². The monoisotopic (exact) mass is 275 g/mol. The number of hydrogen-bond acceptors (Lipinski definition) is 4. The summed E-state index contributed by atoms with van der Waals surface area (Å²) in [4.78, 5) is 0. The number of halogens is 1. The summed E-state index contributed by atoms with van der Waals surface area (Å²) in [6, 6.07) is 6.98. The lowest BCUT2D eigenvalue weighted by Crippen LogP contribution is -2.48. The Morgan fingerprint density at radius 2 is 2.18 bits per heavy atom. The van der Waals surface area contributed by atoms with Crippen LogP contribution in [0, 0.1) is 0 Å². The Morgan fingerprint density at radius 1 is 1.41 bits per heavy atom. The van der Waals surface area contributed by atoms with Crippen LogP contribution >= 0.6 is 11.6 Å². The highest BCUT2D eigenvalue weighted by Gasteiger charge is 2.24. The molecule has 94 valence electrons. The Labute approximate surface area is 106 Å². The van der Waals surface area contributed by atoms with Gasteiger partial charge in [-0.15, -0.1) is 0 Å². The summed E-state index contributed by atoms with van der Waals surface area (Å²) in [5.74, 6) is 0.909. The van der Waals surface area contributed by atoms with Gasteiger partial charge in [0.05, 0.1) is 22.6 Å². The SMILES string of the molecule is O=S1(=O)CCNC(COc2ccccc2Cl)C1. The van der Waals surface area contributed by atoms with E-state index in [-0.39, 0.29) is 17.5 Å². The summed E-state index contributed by atoms with van der Waals surface area (Å²) in [7, 11) is -2.92. The first-order chi connectivity index (χ1) is 8.07. The second-order valence-corrected chi connectivity index (χ2v) is 6.64. The van der Waals surface area contributed by atoms with Gasteiger partial charge in [-0.1, -0.05) is 23.7 Å². The largest absolute Gasteiger partial charge is 0.490 e. The van der Waals surface area contributed by atoms with Crippen molar-refractivity contribution in [1.82, 2.24) is 5.32 Å². The number of nitrogens with one attached hydrogen (secondary N) is 1. The topological polar surface area (TPSA) is 55.4 Å². The van der Waals surface area contributed by atoms with Gasteiger partial charge in [0.2, 0.25) is 0 Å². The molecule has 1 aromatic carbocycles. The molecule has 0 amide bonds. The Balaban J connectivity index is 1.93. The molecule has 1 fully saturated rings. The van der Waals surface area contributed by atoms with Crippen molar-refractivity contribution in [1.29, 1.82) is 0 Å². The fraction of sp³-hybridized carbons (Fsp3) is 0.455. The van der Waals surface area contributed by atoms with Crippen LogP contribution in [0.3, 0.4) is 0 Å². The van der Waals surface area contributed by atoms with Gasteiger partial charge >= 0.3 is 0 Å². The van der Waals surface area contributed by atoms with E-state index in [9.17, 15) is 8.42 Å². The van der Waals surface area contributed by atoms with Crippen LogP contribution in [0.5, 0.6) is 5.75 Å². The van der Waals surface area contributed by atoms with Gasteiger partial charge in [0.15, 0.2) is 9.84 Å². The molecular weight excluding hydrogens is 262 g/mol. The lowest BCUT2D eigenvalue weighted by atomic mass is 10.3. The van der Waals surface area contributed by atoms with E-state index in [1.165, 1.54) is 0 Å². The fourth-order valence-electron chi connectivity index (χ4n) is 1.73. The Hall–Kier alpha value is -0.780. The first-order valence-electron chi connectivity index (χ1n) is 5.38. The summed E-state index contributed by atoms with van der Waals surface area (Å²) in [5.41, 5.74) is 0. The number of benzene rings is 1. The van der Waals surface area contributed by atoms with Crippen molar-refractivity contribution in [2.24, 2.45) is 0 Å². The third-order valence-corrected chi connectivity index (χ3v) is 4.63. The van der Waals surface area contributed by atoms with Crippen molar-refractivity contribution in [2.45, 2.75) is 6.04 Å². The van der Waals surface area contributed by atoms with Crippen molar-refractivity contribution in [2.75, 3.05) is 24.7 Å². The fourth-order valence-corrected chi connectivity index (χ4v) is 3.34. The average molecular weight is 276 g/mol. The number of para-hydroxylation sites is 1. The van der Waals surface area contributed by atoms with Crippen molar-refractivity contribution in [3.05, 3.63) is 29.3 Å². The zero-order valence-electron chi connectivity index (χ0n) is 9.23. The lowest BCUT2D eigenvalue weighted by Gasteiger charge is -2.23. The third kappa shape index (κ3) is 3.59. The molecular formula is C11H14ClNO3S. The van der Waals surface area contributed by atoms with Crippen molar-refractivity contribution < 1.29 is 13.2 Å². The molecule has 1 saturated heterocycles. The van der Waals surface area contributed by atoms with E-state index in [2.05, 4.69) is 5.32 Å². The smallest absolute Gasteiger partial charge is 0.153 e. The van der Waals surface area contributed by atoms with Gasteiger partial charge in [0, 0.05) is 6.54 Å². The van der Waals surface area contributed by atoms with Gasteiger partial charge in [-0.3, -0.25) is 0 Å². The van der Waals surface area contributed by atoms with Crippen LogP contribution in [0.4, 0.5) is 0 Å². The zero-order valence-corrected chi connectivity index (χ0v) is 10.8. The summed E-state index contributed by atoms with van der Waals surface area (Å²) in [6.07, 6.45) is 0. The molecule has 0 aromatic heterocycles. The van der Waals surface area contributed by atoms with Crippen molar-refractivity contribution in [3.63, 3.8) is 0 Å². The highest BCUT2D eigenvalue weighted by atomic mass is 35.5. The van der Waals surface area contributed by atoms with Gasteiger partial charge in [-0.05, 0) is 12.1 Å². The van der Waals surface area contributed by atoms with E-state index >= 15 is 0 Å². The van der Waals surface area contributed by atoms with E-state index in [1.54, 1.807) is 12.1 Å². The molecule has 6 heteroatoms. The minimum atomic E-state index is -2.92. The summed E-state index contributed by atoms with van der Waals surface area (Å²) >= 11 is 5.93. The molecule has 4 nitrogen and oxygen atoms in total. The predicted molar refractivity (Wildman–Crippen MR) is 67.4 cm³/mol. The molecule has 1 atom stereocenters. The number of hydrogen-bond donors (Lipinski definition) is 1. The van der Waals surface area contributed by atoms with Crippen LogP contribution in [0.1, 0.15) is 0 Å². The van der Waals surface area contributed by atoms with E-state index in [0.717, 1.165) is 0 Å². The quantitative estimate of drug-likeness (QED) is 0.898. The van der Waals surface area contributed by atoms with Crippen molar-refractivity contribution >= 4 is 21.4 Å². The molecule has 1 N–H and O–H groups in total. The number of ether oxygens (including phenoxy) is 1. The third-order valence-electron chi connectivity index (χ3n) is 2.58. The molecule has 1 heterocycles. The lowest BCUT2D eigenvalue weighted by molar-refractivity contribution is 0.273. The van der Waals surface area contributed by atoms with Crippen LogP contribution in [0.15, 0.2) is 24.3 Å². The maximum absolute atomic E-state index is 11.4. The molecule has 0 radical (unpaired) electrons. The first-order valence-corrected chi connectivity index (χ1v) is 7.58. The van der Waals surface area contributed by atoms with E-state index in [0.29, 0.717) is 23.9 Å². The second-order valence-electron chi connectivity index (χ2n) is 4.01. The van der Waals surface area contributed by atoms with Crippen molar-refractivity contribution in [3.8, 4) is 5.75 Å². The van der Waals surface area contributed by atoms with Crippen LogP contribution in [-0.4, -0.2) is 39.1 Å². The molecule has 1 aliphatic heterocycles. The highest BCUT2D eigenvalue weighted by Crippen LogP contribution is 2.23. The van der Waals surface area contributed by atoms with Crippen LogP contribution in [0.2, 0.25) is 5.02 Å². The van der Waals surface area contributed by atoms with Gasteiger partial charge in [-0.2, -0.15) is 0 Å². The highest BCUT2D eigenvalue weighted by molar-refractivity contribution is 7.91. The molecule has 0 spiro atoms. The van der Waals surface area contributed by atoms with E-state index < -0.39 is 9.84 Å². The molecule has 0 saturated carbocycles. The average Bonchev–Trinajstić information content (AvgIpc) is 2.27. The van der Waals surface area contributed by atoms with Gasteiger partial charge in [-0.25, -0.2) is 8.42 Å². The number of sulfone groups is 1. The maximum Gasteiger partial charge on any atom is 0.153 e. The van der Waals surface area contributed by atoms with Crippen LogP contribution in [0.25, 0.3) is 0 Å². The van der Waals surface area contributed by atoms with E-state index in [1.807, 2.05) is 12.1 Å². The molecule has 2 rings (SSSR count). The zero-order chi connectivity index (χ0) is 12.3. The molecule has 0 aliphatic carbocycles. The second kappa shape index (κ2) is 5.25. The molecule has 0 bridgehead atoms.